The standard InChI is InChI=1S/C27H32N2O2S/c1-2-3-10-23-15-17-26(18-16-23)32(30,31)29-21-19-28(20-22-29)27(24-11-6-4-7-12-24)25-13-8-5-9-14-25/h4-9,11-18,27H,2-3,10,19-22H2,1H3. The zero-order chi connectivity index (χ0) is 22.4. The van der Waals surface area contributed by atoms with Gasteiger partial charge in [-0.25, -0.2) is 8.42 Å². The first-order chi connectivity index (χ1) is 15.6. The number of hydrogen-bond acceptors (Lipinski definition) is 3. The zero-order valence-corrected chi connectivity index (χ0v) is 19.5. The molecular formula is C27H32N2O2S. The number of hydrogen-bond donors (Lipinski definition) is 0. The van der Waals surface area contributed by atoms with Crippen molar-refractivity contribution in [2.24, 2.45) is 0 Å². The summed E-state index contributed by atoms with van der Waals surface area (Å²) in [5.74, 6) is 0. The lowest BCUT2D eigenvalue weighted by Crippen LogP contribution is -2.49. The molecule has 3 aromatic rings. The van der Waals surface area contributed by atoms with Gasteiger partial charge in [0, 0.05) is 26.2 Å². The molecule has 0 spiro atoms. The van der Waals surface area contributed by atoms with Gasteiger partial charge in [-0.2, -0.15) is 4.31 Å². The van der Waals surface area contributed by atoms with Crippen molar-refractivity contribution in [2.45, 2.75) is 37.1 Å². The summed E-state index contributed by atoms with van der Waals surface area (Å²) in [6, 6.07) is 28.5. The summed E-state index contributed by atoms with van der Waals surface area (Å²) >= 11 is 0. The third-order valence-corrected chi connectivity index (χ3v) is 8.16. The van der Waals surface area contributed by atoms with E-state index < -0.39 is 10.0 Å². The summed E-state index contributed by atoms with van der Waals surface area (Å²) in [7, 11) is -3.47. The molecule has 5 heteroatoms. The lowest BCUT2D eigenvalue weighted by Gasteiger charge is -2.39. The number of benzene rings is 3. The van der Waals surface area contributed by atoms with Gasteiger partial charge >= 0.3 is 0 Å². The SMILES string of the molecule is CCCCc1ccc(S(=O)(=O)N2CCN(C(c3ccccc3)c3ccccc3)CC2)cc1. The molecule has 1 heterocycles. The van der Waals surface area contributed by atoms with Gasteiger partial charge in [0.25, 0.3) is 0 Å². The molecule has 0 atom stereocenters. The van der Waals surface area contributed by atoms with Crippen LogP contribution in [0.1, 0.15) is 42.5 Å². The minimum Gasteiger partial charge on any atom is -0.290 e. The molecule has 1 saturated heterocycles. The lowest BCUT2D eigenvalue weighted by molar-refractivity contribution is 0.156. The third kappa shape index (κ3) is 5.12. The van der Waals surface area contributed by atoms with Crippen LogP contribution in [0.2, 0.25) is 0 Å². The minimum atomic E-state index is -3.47. The van der Waals surface area contributed by atoms with E-state index >= 15 is 0 Å². The Kier molecular flexibility index (Phi) is 7.40. The Morgan fingerprint density at radius 2 is 1.28 bits per heavy atom. The molecule has 1 fully saturated rings. The molecule has 0 aliphatic carbocycles. The van der Waals surface area contributed by atoms with E-state index in [1.54, 1.807) is 16.4 Å². The molecule has 32 heavy (non-hydrogen) atoms. The van der Waals surface area contributed by atoms with Gasteiger partial charge in [0.15, 0.2) is 0 Å². The summed E-state index contributed by atoms with van der Waals surface area (Å²) in [6.07, 6.45) is 3.26. The fraction of sp³-hybridized carbons (Fsp3) is 0.333. The molecule has 3 aromatic carbocycles. The van der Waals surface area contributed by atoms with Gasteiger partial charge in [0.05, 0.1) is 10.9 Å². The van der Waals surface area contributed by atoms with Crippen molar-refractivity contribution >= 4 is 10.0 Å². The van der Waals surface area contributed by atoms with Crippen molar-refractivity contribution in [3.8, 4) is 0 Å². The average Bonchev–Trinajstić information content (AvgIpc) is 2.85. The van der Waals surface area contributed by atoms with Crippen LogP contribution in [0.3, 0.4) is 0 Å². The molecule has 4 rings (SSSR count). The Morgan fingerprint density at radius 3 is 1.78 bits per heavy atom. The van der Waals surface area contributed by atoms with Crippen LogP contribution in [0, 0.1) is 0 Å². The predicted octanol–water partition coefficient (Wildman–Crippen LogP) is 5.13. The highest BCUT2D eigenvalue weighted by Gasteiger charge is 2.32. The van der Waals surface area contributed by atoms with Crippen molar-refractivity contribution < 1.29 is 8.42 Å². The first-order valence-corrected chi connectivity index (χ1v) is 13.0. The van der Waals surface area contributed by atoms with E-state index in [1.807, 2.05) is 24.3 Å². The van der Waals surface area contributed by atoms with E-state index in [9.17, 15) is 8.42 Å². The predicted molar refractivity (Wildman–Crippen MR) is 130 cm³/mol. The summed E-state index contributed by atoms with van der Waals surface area (Å²) in [6.45, 7) is 4.55. The molecule has 1 aliphatic rings. The van der Waals surface area contributed by atoms with Gasteiger partial charge in [0.1, 0.15) is 0 Å². The summed E-state index contributed by atoms with van der Waals surface area (Å²) in [5.41, 5.74) is 3.67. The maximum Gasteiger partial charge on any atom is 0.243 e. The fourth-order valence-corrected chi connectivity index (χ4v) is 5.87. The highest BCUT2D eigenvalue weighted by atomic mass is 32.2. The number of nitrogens with zero attached hydrogens (tertiary/aromatic N) is 2. The Bertz CT molecular complexity index is 1040. The van der Waals surface area contributed by atoms with Crippen LogP contribution < -0.4 is 0 Å². The van der Waals surface area contributed by atoms with Crippen LogP contribution >= 0.6 is 0 Å². The van der Waals surface area contributed by atoms with Gasteiger partial charge < -0.3 is 0 Å². The van der Waals surface area contributed by atoms with E-state index in [4.69, 9.17) is 0 Å². The molecule has 0 radical (unpaired) electrons. The molecule has 0 aromatic heterocycles. The molecule has 0 bridgehead atoms. The number of piperazine rings is 1. The molecule has 0 saturated carbocycles. The largest absolute Gasteiger partial charge is 0.290 e. The smallest absolute Gasteiger partial charge is 0.243 e. The van der Waals surface area contributed by atoms with E-state index in [0.29, 0.717) is 31.1 Å². The van der Waals surface area contributed by atoms with Gasteiger partial charge in [-0.3, -0.25) is 4.90 Å². The zero-order valence-electron chi connectivity index (χ0n) is 18.7. The topological polar surface area (TPSA) is 40.6 Å². The number of aryl methyl sites for hydroxylation is 1. The van der Waals surface area contributed by atoms with Crippen LogP contribution in [0.15, 0.2) is 89.8 Å². The Balaban J connectivity index is 1.48. The monoisotopic (exact) mass is 448 g/mol. The van der Waals surface area contributed by atoms with Gasteiger partial charge in [-0.05, 0) is 41.7 Å². The number of unbranched alkanes of at least 4 members (excludes halogenated alkanes) is 1. The van der Waals surface area contributed by atoms with Gasteiger partial charge in [0.2, 0.25) is 10.0 Å². The second-order valence-corrected chi connectivity index (χ2v) is 10.3. The van der Waals surface area contributed by atoms with Crippen LogP contribution in [0.25, 0.3) is 0 Å². The van der Waals surface area contributed by atoms with Gasteiger partial charge in [-0.1, -0.05) is 86.1 Å². The van der Waals surface area contributed by atoms with Crippen LogP contribution in [-0.4, -0.2) is 43.8 Å². The maximum absolute atomic E-state index is 13.2. The number of sulfonamides is 1. The Morgan fingerprint density at radius 1 is 0.750 bits per heavy atom. The van der Waals surface area contributed by atoms with Crippen molar-refractivity contribution in [3.05, 3.63) is 102 Å². The van der Waals surface area contributed by atoms with E-state index in [0.717, 1.165) is 19.3 Å². The highest BCUT2D eigenvalue weighted by molar-refractivity contribution is 7.89. The van der Waals surface area contributed by atoms with Crippen molar-refractivity contribution in [3.63, 3.8) is 0 Å². The van der Waals surface area contributed by atoms with Crippen LogP contribution in [-0.2, 0) is 16.4 Å². The first kappa shape index (κ1) is 22.7. The molecule has 168 valence electrons. The summed E-state index contributed by atoms with van der Waals surface area (Å²) < 4.78 is 28.1. The molecule has 4 nitrogen and oxygen atoms in total. The normalized spacial score (nSPS) is 15.8. The van der Waals surface area contributed by atoms with Gasteiger partial charge in [-0.15, -0.1) is 0 Å². The van der Waals surface area contributed by atoms with Crippen LogP contribution in [0.4, 0.5) is 0 Å². The van der Waals surface area contributed by atoms with Crippen molar-refractivity contribution in [2.75, 3.05) is 26.2 Å². The second kappa shape index (κ2) is 10.4. The quantitative estimate of drug-likeness (QED) is 0.480. The molecule has 0 amide bonds. The van der Waals surface area contributed by atoms with E-state index in [2.05, 4.69) is 60.4 Å². The molecular weight excluding hydrogens is 416 g/mol. The fourth-order valence-electron chi connectivity index (χ4n) is 4.44. The van der Waals surface area contributed by atoms with E-state index in [1.165, 1.54) is 16.7 Å². The molecule has 1 aliphatic heterocycles. The third-order valence-electron chi connectivity index (χ3n) is 6.25. The van der Waals surface area contributed by atoms with Crippen LogP contribution in [0.5, 0.6) is 0 Å². The first-order valence-electron chi connectivity index (χ1n) is 11.5. The molecule has 0 N–H and O–H groups in total. The Hall–Kier alpha value is -2.47. The average molecular weight is 449 g/mol. The van der Waals surface area contributed by atoms with Crippen molar-refractivity contribution in [1.29, 1.82) is 0 Å². The highest BCUT2D eigenvalue weighted by Crippen LogP contribution is 2.30. The van der Waals surface area contributed by atoms with Crippen molar-refractivity contribution in [1.82, 2.24) is 9.21 Å². The summed E-state index contributed by atoms with van der Waals surface area (Å²) in [4.78, 5) is 2.79. The van der Waals surface area contributed by atoms with E-state index in [-0.39, 0.29) is 6.04 Å². The minimum absolute atomic E-state index is 0.125. The lowest BCUT2D eigenvalue weighted by atomic mass is 9.96. The second-order valence-electron chi connectivity index (χ2n) is 8.41. The number of rotatable bonds is 8. The summed E-state index contributed by atoms with van der Waals surface area (Å²) in [5, 5.41) is 0. The molecule has 0 unspecified atom stereocenters. The maximum atomic E-state index is 13.2. The Labute approximate surface area is 192 Å².